The molecule has 7 heteroatoms. The summed E-state index contributed by atoms with van der Waals surface area (Å²) in [6, 6.07) is 9.61. The molecule has 3 rings (SSSR count). The van der Waals surface area contributed by atoms with Crippen LogP contribution in [0.25, 0.3) is 0 Å². The molecule has 1 amide bonds. The van der Waals surface area contributed by atoms with Gasteiger partial charge in [-0.2, -0.15) is 0 Å². The van der Waals surface area contributed by atoms with E-state index >= 15 is 0 Å². The van der Waals surface area contributed by atoms with E-state index < -0.39 is 0 Å². The molecule has 0 bridgehead atoms. The van der Waals surface area contributed by atoms with Crippen molar-refractivity contribution in [1.82, 2.24) is 10.2 Å². The van der Waals surface area contributed by atoms with Crippen LogP contribution in [0, 0.1) is 0 Å². The molecule has 1 N–H and O–H groups in total. The molecule has 30 heavy (non-hydrogen) atoms. The summed E-state index contributed by atoms with van der Waals surface area (Å²) in [5.41, 5.74) is 3.18. The van der Waals surface area contributed by atoms with E-state index in [2.05, 4.69) is 38.3 Å². The van der Waals surface area contributed by atoms with Gasteiger partial charge in [-0.3, -0.25) is 9.69 Å². The van der Waals surface area contributed by atoms with Crippen molar-refractivity contribution in [3.8, 4) is 17.2 Å². The van der Waals surface area contributed by atoms with E-state index in [4.69, 9.17) is 14.2 Å². The number of methoxy groups -OCH3 is 3. The lowest BCUT2D eigenvalue weighted by Crippen LogP contribution is -2.32. The average Bonchev–Trinajstić information content (AvgIpc) is 2.77. The molecule has 0 saturated carbocycles. The molecule has 0 saturated heterocycles. The topological polar surface area (TPSA) is 60.0 Å². The van der Waals surface area contributed by atoms with Crippen molar-refractivity contribution >= 4 is 21.8 Å². The summed E-state index contributed by atoms with van der Waals surface area (Å²) < 4.78 is 17.0. The minimum absolute atomic E-state index is 0.110. The van der Waals surface area contributed by atoms with Gasteiger partial charge in [0.15, 0.2) is 11.5 Å². The molecule has 0 unspecified atom stereocenters. The zero-order chi connectivity index (χ0) is 21.5. The predicted octanol–water partition coefficient (Wildman–Crippen LogP) is 4.04. The third-order valence-corrected chi connectivity index (χ3v) is 5.88. The number of carbonyl (C=O) groups is 1. The van der Waals surface area contributed by atoms with Crippen LogP contribution >= 0.6 is 15.9 Å². The molecule has 2 aromatic carbocycles. The Kier molecular flexibility index (Phi) is 7.99. The smallest absolute Gasteiger partial charge is 0.255 e. The second kappa shape index (κ2) is 10.7. The lowest BCUT2D eigenvalue weighted by Gasteiger charge is -2.29. The van der Waals surface area contributed by atoms with Crippen molar-refractivity contribution in [2.45, 2.75) is 25.8 Å². The molecule has 0 radical (unpaired) electrons. The van der Waals surface area contributed by atoms with Gasteiger partial charge in [-0.25, -0.2) is 0 Å². The van der Waals surface area contributed by atoms with Gasteiger partial charge in [0.2, 0.25) is 0 Å². The number of benzene rings is 2. The predicted molar refractivity (Wildman–Crippen MR) is 121 cm³/mol. The fourth-order valence-corrected chi connectivity index (χ4v) is 4.11. The van der Waals surface area contributed by atoms with Crippen molar-refractivity contribution in [2.75, 3.05) is 41.0 Å². The zero-order valence-corrected chi connectivity index (χ0v) is 19.4. The first-order chi connectivity index (χ1) is 14.5. The van der Waals surface area contributed by atoms with Crippen LogP contribution in [0.3, 0.4) is 0 Å². The van der Waals surface area contributed by atoms with Crippen LogP contribution in [0.5, 0.6) is 17.2 Å². The number of amides is 1. The Balaban J connectivity index is 1.45. The van der Waals surface area contributed by atoms with Gasteiger partial charge >= 0.3 is 0 Å². The summed E-state index contributed by atoms with van der Waals surface area (Å²) in [4.78, 5) is 14.9. The molecule has 162 valence electrons. The molecular formula is C23H29BrN2O4. The van der Waals surface area contributed by atoms with E-state index in [1.165, 1.54) is 11.1 Å². The number of unbranched alkanes of at least 4 members (excludes halogenated alkanes) is 1. The number of fused-ring (bicyclic) bond motifs is 1. The molecular weight excluding hydrogens is 447 g/mol. The highest BCUT2D eigenvalue weighted by Crippen LogP contribution is 2.33. The van der Waals surface area contributed by atoms with E-state index in [-0.39, 0.29) is 5.91 Å². The number of carbonyl (C=O) groups excluding carboxylic acids is 1. The number of hydrogen-bond acceptors (Lipinski definition) is 5. The van der Waals surface area contributed by atoms with Crippen molar-refractivity contribution < 1.29 is 19.0 Å². The molecule has 2 aromatic rings. The van der Waals surface area contributed by atoms with E-state index in [9.17, 15) is 4.79 Å². The van der Waals surface area contributed by atoms with Gasteiger partial charge in [0.25, 0.3) is 5.91 Å². The van der Waals surface area contributed by atoms with Crippen LogP contribution in [0.15, 0.2) is 34.8 Å². The SMILES string of the molecule is COc1cc2c(cc1OC)CN(CCCCNC(=O)c1cc(Br)ccc1O[11CH3])CC2. The van der Waals surface area contributed by atoms with Gasteiger partial charge in [0.1, 0.15) is 5.75 Å². The third kappa shape index (κ3) is 5.46. The number of nitrogens with one attached hydrogen (secondary N) is 1. The Hall–Kier alpha value is -2.25. The summed E-state index contributed by atoms with van der Waals surface area (Å²) in [6.07, 6.45) is 2.96. The molecule has 0 spiro atoms. The van der Waals surface area contributed by atoms with Gasteiger partial charge < -0.3 is 19.5 Å². The highest BCUT2D eigenvalue weighted by atomic mass is 79.9. The molecule has 6 nitrogen and oxygen atoms in total. The lowest BCUT2D eigenvalue weighted by molar-refractivity contribution is 0.0949. The van der Waals surface area contributed by atoms with Crippen molar-refractivity contribution in [1.29, 1.82) is 0 Å². The standard InChI is InChI=1S/C23H29BrN2O4/c1-28-20-7-6-18(24)14-19(20)23(27)25-9-4-5-10-26-11-8-16-12-21(29-2)22(30-3)13-17(16)15-26/h6-7,12-14H,4-5,8-11,15H2,1-3H3,(H,25,27)/i1-1. The largest absolute Gasteiger partial charge is 0.496 e. The number of halogens is 1. The van der Waals surface area contributed by atoms with Crippen LogP contribution in [-0.2, 0) is 13.0 Å². The van der Waals surface area contributed by atoms with Crippen LogP contribution in [0.2, 0.25) is 0 Å². The van der Waals surface area contributed by atoms with Gasteiger partial charge in [-0.15, -0.1) is 0 Å². The van der Waals surface area contributed by atoms with Gasteiger partial charge in [-0.1, -0.05) is 15.9 Å². The maximum absolute atomic E-state index is 12.4. The van der Waals surface area contributed by atoms with Crippen LogP contribution in [-0.4, -0.2) is 51.8 Å². The molecule has 0 fully saturated rings. The first kappa shape index (κ1) is 22.4. The van der Waals surface area contributed by atoms with E-state index in [1.807, 2.05) is 6.07 Å². The Bertz CT molecular complexity index is 888. The first-order valence-corrected chi connectivity index (χ1v) is 10.9. The molecule has 0 aliphatic carbocycles. The van der Waals surface area contributed by atoms with Crippen molar-refractivity contribution in [2.24, 2.45) is 0 Å². The Labute approximate surface area is 186 Å². The second-order valence-corrected chi connectivity index (χ2v) is 8.23. The van der Waals surface area contributed by atoms with Crippen molar-refractivity contribution in [3.63, 3.8) is 0 Å². The van der Waals surface area contributed by atoms with Crippen LogP contribution in [0.1, 0.15) is 34.3 Å². The summed E-state index contributed by atoms with van der Waals surface area (Å²) in [7, 11) is 4.91. The summed E-state index contributed by atoms with van der Waals surface area (Å²) in [6.45, 7) is 3.59. The molecule has 1 aliphatic heterocycles. The lowest BCUT2D eigenvalue weighted by atomic mass is 9.98. The molecule has 0 atom stereocenters. The van der Waals surface area contributed by atoms with E-state index in [0.29, 0.717) is 17.9 Å². The van der Waals surface area contributed by atoms with Crippen LogP contribution in [0.4, 0.5) is 0 Å². The van der Waals surface area contributed by atoms with Gasteiger partial charge in [0.05, 0.1) is 26.9 Å². The third-order valence-electron chi connectivity index (χ3n) is 5.39. The van der Waals surface area contributed by atoms with E-state index in [0.717, 1.165) is 54.9 Å². The van der Waals surface area contributed by atoms with E-state index in [1.54, 1.807) is 33.5 Å². The normalized spacial score (nSPS) is 13.5. The quantitative estimate of drug-likeness (QED) is 0.554. The fourth-order valence-electron chi connectivity index (χ4n) is 3.75. The number of rotatable bonds is 9. The highest BCUT2D eigenvalue weighted by molar-refractivity contribution is 9.10. The Morgan fingerprint density at radius 1 is 1.00 bits per heavy atom. The minimum Gasteiger partial charge on any atom is -0.496 e. The summed E-state index contributed by atoms with van der Waals surface area (Å²) in [5, 5.41) is 2.99. The maximum Gasteiger partial charge on any atom is 0.255 e. The molecule has 1 aliphatic rings. The molecule has 0 aromatic heterocycles. The minimum atomic E-state index is -0.110. The fraction of sp³-hybridized carbons (Fsp3) is 0.435. The monoisotopic (exact) mass is 475 g/mol. The number of ether oxygens (including phenoxy) is 3. The van der Waals surface area contributed by atoms with Crippen LogP contribution < -0.4 is 19.5 Å². The zero-order valence-electron chi connectivity index (χ0n) is 17.8. The summed E-state index contributed by atoms with van der Waals surface area (Å²) in [5.74, 6) is 2.04. The van der Waals surface area contributed by atoms with Crippen molar-refractivity contribution in [3.05, 3.63) is 51.5 Å². The highest BCUT2D eigenvalue weighted by Gasteiger charge is 2.19. The number of hydrogen-bond donors (Lipinski definition) is 1. The van der Waals surface area contributed by atoms with Gasteiger partial charge in [-0.05, 0) is 67.3 Å². The Morgan fingerprint density at radius 3 is 2.40 bits per heavy atom. The first-order valence-electron chi connectivity index (χ1n) is 10.1. The summed E-state index contributed by atoms with van der Waals surface area (Å²) >= 11 is 3.40. The van der Waals surface area contributed by atoms with Gasteiger partial charge in [0, 0.05) is 24.1 Å². The molecule has 1 heterocycles. The average molecular weight is 476 g/mol. The maximum atomic E-state index is 12.4. The number of nitrogens with zero attached hydrogens (tertiary/aromatic N) is 1. The Morgan fingerprint density at radius 2 is 1.70 bits per heavy atom. The second-order valence-electron chi connectivity index (χ2n) is 7.31.